The normalized spacial score (nSPS) is 18.6. The monoisotopic (exact) mass is 644 g/mol. The van der Waals surface area contributed by atoms with E-state index in [9.17, 15) is 19.2 Å². The minimum atomic E-state index is -0.144. The third-order valence-corrected chi connectivity index (χ3v) is 12.1. The SMILES string of the molecule is O=C1c2cc(-c3ccc(C#Cc4ccc(-c5cc6c(s5)C(=O)N(C5CCCCC5)C6=O)cc4)cc3)sc2C(=O)N1C1CCCCC1. The smallest absolute Gasteiger partial charge is 0.270 e. The zero-order valence-corrected chi connectivity index (χ0v) is 27.0. The van der Waals surface area contributed by atoms with E-state index in [4.69, 9.17) is 0 Å². The van der Waals surface area contributed by atoms with E-state index in [1.165, 1.54) is 45.3 Å². The first kappa shape index (κ1) is 29.1. The Labute approximate surface area is 276 Å². The molecule has 46 heavy (non-hydrogen) atoms. The van der Waals surface area contributed by atoms with Crippen molar-refractivity contribution in [2.24, 2.45) is 0 Å². The van der Waals surface area contributed by atoms with Gasteiger partial charge in [-0.1, -0.05) is 74.6 Å². The zero-order chi connectivity index (χ0) is 31.4. The summed E-state index contributed by atoms with van der Waals surface area (Å²) >= 11 is 2.79. The Morgan fingerprint density at radius 3 is 1.22 bits per heavy atom. The van der Waals surface area contributed by atoms with E-state index >= 15 is 0 Å². The molecule has 2 aromatic heterocycles. The lowest BCUT2D eigenvalue weighted by Gasteiger charge is -2.29. The molecule has 4 aromatic rings. The molecular weight excluding hydrogens is 613 g/mol. The van der Waals surface area contributed by atoms with Crippen LogP contribution in [0.25, 0.3) is 20.9 Å². The van der Waals surface area contributed by atoms with Crippen LogP contribution in [0.1, 0.15) is 115 Å². The molecule has 2 aromatic carbocycles. The Morgan fingerprint density at radius 2 is 0.870 bits per heavy atom. The maximum absolute atomic E-state index is 13.1. The summed E-state index contributed by atoms with van der Waals surface area (Å²) in [6.45, 7) is 0. The summed E-state index contributed by atoms with van der Waals surface area (Å²) in [5, 5.41) is 0. The first-order chi connectivity index (χ1) is 22.5. The van der Waals surface area contributed by atoms with Crippen LogP contribution < -0.4 is 0 Å². The number of fused-ring (bicyclic) bond motifs is 2. The van der Waals surface area contributed by atoms with Gasteiger partial charge in [-0.25, -0.2) is 0 Å². The highest BCUT2D eigenvalue weighted by molar-refractivity contribution is 7.18. The summed E-state index contributed by atoms with van der Waals surface area (Å²) in [7, 11) is 0. The Kier molecular flexibility index (Phi) is 7.47. The lowest BCUT2D eigenvalue weighted by molar-refractivity contribution is 0.0534. The largest absolute Gasteiger partial charge is 0.271 e. The molecule has 0 radical (unpaired) electrons. The van der Waals surface area contributed by atoms with Crippen LogP contribution in [0.15, 0.2) is 60.7 Å². The van der Waals surface area contributed by atoms with E-state index in [2.05, 4.69) is 11.8 Å². The molecule has 2 fully saturated rings. The molecule has 0 atom stereocenters. The predicted octanol–water partition coefficient (Wildman–Crippen LogP) is 8.40. The quantitative estimate of drug-likeness (QED) is 0.165. The summed E-state index contributed by atoms with van der Waals surface area (Å²) in [5.41, 5.74) is 4.72. The number of thiophene rings is 2. The number of nitrogens with zero attached hydrogens (tertiary/aromatic N) is 2. The second-order valence-electron chi connectivity index (χ2n) is 12.7. The molecule has 0 N–H and O–H groups in total. The Bertz CT molecular complexity index is 1740. The maximum atomic E-state index is 13.1. The maximum Gasteiger partial charge on any atom is 0.271 e. The van der Waals surface area contributed by atoms with Crippen LogP contribution in [-0.2, 0) is 0 Å². The van der Waals surface area contributed by atoms with Gasteiger partial charge in [0.2, 0.25) is 0 Å². The molecule has 230 valence electrons. The number of carbonyl (C=O) groups excluding carboxylic acids is 4. The molecule has 2 saturated carbocycles. The van der Waals surface area contributed by atoms with Gasteiger partial charge < -0.3 is 0 Å². The van der Waals surface area contributed by atoms with Crippen molar-refractivity contribution in [3.8, 4) is 32.7 Å². The molecule has 0 spiro atoms. The highest BCUT2D eigenvalue weighted by atomic mass is 32.1. The van der Waals surface area contributed by atoms with Gasteiger partial charge in [0, 0.05) is 33.0 Å². The molecule has 2 aliphatic carbocycles. The van der Waals surface area contributed by atoms with Crippen LogP contribution in [0.3, 0.4) is 0 Å². The van der Waals surface area contributed by atoms with Crippen LogP contribution in [0.4, 0.5) is 0 Å². The summed E-state index contributed by atoms with van der Waals surface area (Å²) in [4.78, 5) is 58.4. The number of imide groups is 2. The van der Waals surface area contributed by atoms with E-state index in [0.717, 1.165) is 83.4 Å². The lowest BCUT2D eigenvalue weighted by Crippen LogP contribution is -2.40. The third-order valence-electron chi connectivity index (χ3n) is 9.76. The van der Waals surface area contributed by atoms with Crippen molar-refractivity contribution in [1.82, 2.24) is 9.80 Å². The lowest BCUT2D eigenvalue weighted by atomic mass is 9.94. The highest BCUT2D eigenvalue weighted by Crippen LogP contribution is 2.41. The van der Waals surface area contributed by atoms with Crippen molar-refractivity contribution in [3.05, 3.63) is 92.7 Å². The fourth-order valence-electron chi connectivity index (χ4n) is 7.29. The average Bonchev–Trinajstić information content (AvgIpc) is 3.84. The number of benzene rings is 2. The molecule has 8 rings (SSSR count). The van der Waals surface area contributed by atoms with Crippen molar-refractivity contribution < 1.29 is 19.2 Å². The van der Waals surface area contributed by atoms with Crippen LogP contribution in [0.5, 0.6) is 0 Å². The van der Waals surface area contributed by atoms with E-state index in [1.54, 1.807) is 0 Å². The van der Waals surface area contributed by atoms with Gasteiger partial charge in [-0.3, -0.25) is 29.0 Å². The minimum absolute atomic E-state index is 0.0377. The molecule has 2 aliphatic heterocycles. The summed E-state index contributed by atoms with van der Waals surface area (Å²) in [6.07, 6.45) is 10.3. The van der Waals surface area contributed by atoms with Crippen molar-refractivity contribution in [2.45, 2.75) is 76.3 Å². The van der Waals surface area contributed by atoms with E-state index < -0.39 is 0 Å². The molecule has 0 bridgehead atoms. The second kappa shape index (κ2) is 11.8. The van der Waals surface area contributed by atoms with Crippen LogP contribution in [0.2, 0.25) is 0 Å². The fraction of sp³-hybridized carbons (Fsp3) is 0.316. The third kappa shape index (κ3) is 5.03. The summed E-state index contributed by atoms with van der Waals surface area (Å²) < 4.78 is 0. The number of rotatable bonds is 4. The van der Waals surface area contributed by atoms with Crippen molar-refractivity contribution in [1.29, 1.82) is 0 Å². The zero-order valence-electron chi connectivity index (χ0n) is 25.3. The Balaban J connectivity index is 0.933. The molecule has 6 nitrogen and oxygen atoms in total. The van der Waals surface area contributed by atoms with Crippen LogP contribution in [0, 0.1) is 11.8 Å². The molecular formula is C38H32N2O4S2. The minimum Gasteiger partial charge on any atom is -0.270 e. The Hall–Kier alpha value is -4.32. The van der Waals surface area contributed by atoms with Gasteiger partial charge in [0.15, 0.2) is 0 Å². The van der Waals surface area contributed by atoms with Crippen molar-refractivity contribution >= 4 is 46.3 Å². The van der Waals surface area contributed by atoms with Gasteiger partial charge in [0.1, 0.15) is 9.75 Å². The van der Waals surface area contributed by atoms with Gasteiger partial charge in [-0.05, 0) is 73.2 Å². The first-order valence-electron chi connectivity index (χ1n) is 16.2. The van der Waals surface area contributed by atoms with E-state index in [1.807, 2.05) is 60.7 Å². The van der Waals surface area contributed by atoms with Gasteiger partial charge in [0.05, 0.1) is 11.1 Å². The van der Waals surface area contributed by atoms with Crippen molar-refractivity contribution in [2.75, 3.05) is 0 Å². The summed E-state index contributed by atoms with van der Waals surface area (Å²) in [6, 6.07) is 19.6. The number of hydrogen-bond acceptors (Lipinski definition) is 6. The first-order valence-corrected chi connectivity index (χ1v) is 17.9. The van der Waals surface area contributed by atoms with Gasteiger partial charge >= 0.3 is 0 Å². The van der Waals surface area contributed by atoms with E-state index in [-0.39, 0.29) is 35.7 Å². The molecule has 0 unspecified atom stereocenters. The molecule has 0 saturated heterocycles. The number of amides is 4. The second-order valence-corrected chi connectivity index (χ2v) is 14.8. The molecule has 4 aliphatic rings. The van der Waals surface area contributed by atoms with Gasteiger partial charge in [-0.15, -0.1) is 22.7 Å². The summed E-state index contributed by atoms with van der Waals surface area (Å²) in [5.74, 6) is 5.88. The fourth-order valence-corrected chi connectivity index (χ4v) is 9.47. The van der Waals surface area contributed by atoms with Gasteiger partial charge in [0.25, 0.3) is 23.6 Å². The predicted molar refractivity (Wildman–Crippen MR) is 180 cm³/mol. The topological polar surface area (TPSA) is 74.8 Å². The molecule has 4 amide bonds. The van der Waals surface area contributed by atoms with Gasteiger partial charge in [-0.2, -0.15) is 0 Å². The number of hydrogen-bond donors (Lipinski definition) is 0. The molecule has 4 heterocycles. The molecule has 8 heteroatoms. The van der Waals surface area contributed by atoms with Crippen LogP contribution >= 0.6 is 22.7 Å². The van der Waals surface area contributed by atoms with E-state index in [0.29, 0.717) is 20.9 Å². The average molecular weight is 645 g/mol. The standard InChI is InChI=1S/C38H32N2O4S2/c41-35-29-21-31(45-33(29)37(43)39(35)27-7-3-1-4-8-27)25-17-13-23(14-18-25)11-12-24-15-19-26(20-16-24)32-22-30-34(46-32)38(44)40(36(30)42)28-9-5-2-6-10-28/h13-22,27-28H,1-10H2. The van der Waals surface area contributed by atoms with Crippen LogP contribution in [-0.4, -0.2) is 45.5 Å². The van der Waals surface area contributed by atoms with Crippen molar-refractivity contribution in [3.63, 3.8) is 0 Å². The number of carbonyl (C=O) groups is 4. The Morgan fingerprint density at radius 1 is 0.500 bits per heavy atom. The highest BCUT2D eigenvalue weighted by Gasteiger charge is 2.43.